The fraction of sp³-hybridized carbons (Fsp3) is 0.200. The molecule has 0 atom stereocenters. The summed E-state index contributed by atoms with van der Waals surface area (Å²) in [5.41, 5.74) is 3.00. The number of rotatable bonds is 8. The third-order valence-corrected chi connectivity index (χ3v) is 6.08. The second kappa shape index (κ2) is 10.8. The van der Waals surface area contributed by atoms with Crippen LogP contribution in [0.25, 0.3) is 22.3 Å². The van der Waals surface area contributed by atoms with Crippen molar-refractivity contribution in [2.24, 2.45) is 0 Å². The molecule has 0 saturated heterocycles. The molecule has 0 bridgehead atoms. The minimum Gasteiger partial charge on any atom is -0.489 e. The second-order valence-corrected chi connectivity index (χ2v) is 8.41. The Bertz CT molecular complexity index is 1310. The van der Waals surface area contributed by atoms with Gasteiger partial charge >= 0.3 is 0 Å². The number of halogens is 4. The van der Waals surface area contributed by atoms with E-state index in [1.807, 2.05) is 26.0 Å². The summed E-state index contributed by atoms with van der Waals surface area (Å²) < 4.78 is 63.9. The summed E-state index contributed by atoms with van der Waals surface area (Å²) in [6, 6.07) is 19.9. The molecular weight excluding hydrogens is 452 g/mol. The van der Waals surface area contributed by atoms with Crippen LogP contribution in [0.5, 0.6) is 5.75 Å². The van der Waals surface area contributed by atoms with Gasteiger partial charge in [-0.25, -0.2) is 17.6 Å². The third-order valence-electron chi connectivity index (χ3n) is 6.08. The fourth-order valence-electron chi connectivity index (χ4n) is 4.01. The van der Waals surface area contributed by atoms with Crippen molar-refractivity contribution >= 4 is 0 Å². The van der Waals surface area contributed by atoms with Gasteiger partial charge in [-0.3, -0.25) is 0 Å². The molecule has 0 heterocycles. The maximum absolute atomic E-state index is 14.7. The lowest BCUT2D eigenvalue weighted by atomic mass is 10.0. The van der Waals surface area contributed by atoms with Crippen LogP contribution < -0.4 is 4.74 Å². The Balaban J connectivity index is 1.47. The van der Waals surface area contributed by atoms with E-state index in [-0.39, 0.29) is 23.3 Å². The van der Waals surface area contributed by atoms with Crippen molar-refractivity contribution in [3.05, 3.63) is 113 Å². The topological polar surface area (TPSA) is 9.23 Å². The predicted molar refractivity (Wildman–Crippen MR) is 131 cm³/mol. The molecule has 0 aliphatic heterocycles. The van der Waals surface area contributed by atoms with Crippen LogP contribution in [0.15, 0.2) is 72.8 Å². The minimum atomic E-state index is -0.955. The Labute approximate surface area is 203 Å². The smallest absolute Gasteiger partial charge is 0.167 e. The number of aryl methyl sites for hydroxylation is 2. The fourth-order valence-corrected chi connectivity index (χ4v) is 4.01. The number of hydrogen-bond donors (Lipinski definition) is 0. The van der Waals surface area contributed by atoms with E-state index in [0.717, 1.165) is 18.4 Å². The van der Waals surface area contributed by atoms with Crippen molar-refractivity contribution in [2.45, 2.75) is 39.7 Å². The summed E-state index contributed by atoms with van der Waals surface area (Å²) in [6.45, 7) is 3.76. The molecule has 1 nitrogen and oxygen atoms in total. The lowest BCUT2D eigenvalue weighted by Crippen LogP contribution is -2.02. The molecule has 180 valence electrons. The molecule has 5 heteroatoms. The second-order valence-electron chi connectivity index (χ2n) is 8.41. The Kier molecular flexibility index (Phi) is 7.54. The van der Waals surface area contributed by atoms with Crippen molar-refractivity contribution in [2.75, 3.05) is 0 Å². The van der Waals surface area contributed by atoms with Gasteiger partial charge in [-0.05, 0) is 47.2 Å². The number of benzene rings is 4. The van der Waals surface area contributed by atoms with E-state index in [4.69, 9.17) is 4.74 Å². The first-order valence-electron chi connectivity index (χ1n) is 11.7. The quantitative estimate of drug-likeness (QED) is 0.230. The lowest BCUT2D eigenvalue weighted by Gasteiger charge is -2.12. The van der Waals surface area contributed by atoms with Gasteiger partial charge in [0.15, 0.2) is 23.3 Å². The highest BCUT2D eigenvalue weighted by Crippen LogP contribution is 2.30. The summed E-state index contributed by atoms with van der Waals surface area (Å²) in [6.07, 6.45) is 2.06. The molecule has 0 N–H and O–H groups in total. The molecule has 0 aromatic heterocycles. The number of ether oxygens (including phenoxy) is 1. The van der Waals surface area contributed by atoms with Crippen molar-refractivity contribution in [3.8, 4) is 28.0 Å². The Morgan fingerprint density at radius 2 is 1.09 bits per heavy atom. The molecule has 4 aromatic carbocycles. The lowest BCUT2D eigenvalue weighted by molar-refractivity contribution is 0.297. The predicted octanol–water partition coefficient (Wildman–Crippen LogP) is 8.67. The first kappa shape index (κ1) is 24.5. The van der Waals surface area contributed by atoms with Gasteiger partial charge in [-0.15, -0.1) is 0 Å². The van der Waals surface area contributed by atoms with E-state index >= 15 is 0 Å². The molecule has 0 aliphatic carbocycles. The van der Waals surface area contributed by atoms with Gasteiger partial charge in [0.1, 0.15) is 12.4 Å². The summed E-state index contributed by atoms with van der Waals surface area (Å²) in [5, 5.41) is 0. The highest BCUT2D eigenvalue weighted by atomic mass is 19.2. The molecule has 0 amide bonds. The number of hydrogen-bond acceptors (Lipinski definition) is 1. The van der Waals surface area contributed by atoms with Gasteiger partial charge < -0.3 is 4.74 Å². The van der Waals surface area contributed by atoms with Crippen LogP contribution in [0.3, 0.4) is 0 Å². The molecule has 0 radical (unpaired) electrons. The molecule has 35 heavy (non-hydrogen) atoms. The van der Waals surface area contributed by atoms with Crippen LogP contribution >= 0.6 is 0 Å². The van der Waals surface area contributed by atoms with Gasteiger partial charge in [-0.1, -0.05) is 80.9 Å². The zero-order chi connectivity index (χ0) is 24.9. The minimum absolute atomic E-state index is 0.0835. The first-order valence-corrected chi connectivity index (χ1v) is 11.7. The van der Waals surface area contributed by atoms with Crippen LogP contribution in [-0.2, 0) is 19.4 Å². The summed E-state index contributed by atoms with van der Waals surface area (Å²) in [4.78, 5) is 0. The van der Waals surface area contributed by atoms with Crippen LogP contribution in [0.4, 0.5) is 17.6 Å². The van der Waals surface area contributed by atoms with Crippen molar-refractivity contribution < 1.29 is 22.3 Å². The molecule has 0 unspecified atom stereocenters. The standard InChI is InChI=1S/C30H26F4O/c1-3-5-22-12-16-25(29(33)27(22)31)21-10-14-24(15-11-21)35-18-23-13-17-26(30(34)28(23)32)20-8-6-19(4-2)7-9-20/h6-17H,3-5,18H2,1-2H3. The summed E-state index contributed by atoms with van der Waals surface area (Å²) in [7, 11) is 0. The Hall–Kier alpha value is -3.60. The molecule has 0 aliphatic rings. The van der Waals surface area contributed by atoms with Gasteiger partial charge in [0.05, 0.1) is 0 Å². The van der Waals surface area contributed by atoms with Gasteiger partial charge in [0.2, 0.25) is 0 Å². The van der Waals surface area contributed by atoms with Crippen LogP contribution in [-0.4, -0.2) is 0 Å². The first-order chi connectivity index (χ1) is 16.9. The monoisotopic (exact) mass is 478 g/mol. The highest BCUT2D eigenvalue weighted by molar-refractivity contribution is 5.66. The summed E-state index contributed by atoms with van der Waals surface area (Å²) >= 11 is 0. The van der Waals surface area contributed by atoms with Crippen LogP contribution in [0, 0.1) is 23.3 Å². The molecule has 0 spiro atoms. The Morgan fingerprint density at radius 3 is 1.63 bits per heavy atom. The van der Waals surface area contributed by atoms with Crippen molar-refractivity contribution in [1.29, 1.82) is 0 Å². The van der Waals surface area contributed by atoms with Crippen molar-refractivity contribution in [1.82, 2.24) is 0 Å². The molecular formula is C30H26F4O. The molecule has 4 rings (SSSR count). The van der Waals surface area contributed by atoms with E-state index in [0.29, 0.717) is 28.9 Å². The van der Waals surface area contributed by atoms with Crippen LogP contribution in [0.1, 0.15) is 37.0 Å². The SMILES string of the molecule is CCCc1ccc(-c2ccc(OCc3ccc(-c4ccc(CC)cc4)c(F)c3F)cc2)c(F)c1F. The van der Waals surface area contributed by atoms with E-state index in [2.05, 4.69) is 0 Å². The zero-order valence-corrected chi connectivity index (χ0v) is 19.7. The average Bonchev–Trinajstić information content (AvgIpc) is 2.88. The van der Waals surface area contributed by atoms with Crippen molar-refractivity contribution in [3.63, 3.8) is 0 Å². The van der Waals surface area contributed by atoms with Crippen LogP contribution in [0.2, 0.25) is 0 Å². The van der Waals surface area contributed by atoms with Gasteiger partial charge in [0.25, 0.3) is 0 Å². The molecule has 0 fully saturated rings. The van der Waals surface area contributed by atoms with E-state index in [1.165, 1.54) is 6.07 Å². The third kappa shape index (κ3) is 5.24. The maximum Gasteiger partial charge on any atom is 0.167 e. The Morgan fingerprint density at radius 1 is 0.571 bits per heavy atom. The van der Waals surface area contributed by atoms with Gasteiger partial charge in [0, 0.05) is 16.7 Å². The summed E-state index contributed by atoms with van der Waals surface area (Å²) in [5.74, 6) is -3.19. The molecule has 0 saturated carbocycles. The van der Waals surface area contributed by atoms with E-state index in [9.17, 15) is 17.6 Å². The average molecular weight is 479 g/mol. The van der Waals surface area contributed by atoms with E-state index < -0.39 is 23.3 Å². The normalized spacial score (nSPS) is 11.0. The van der Waals surface area contributed by atoms with E-state index in [1.54, 1.807) is 54.6 Å². The maximum atomic E-state index is 14.7. The highest BCUT2D eigenvalue weighted by Gasteiger charge is 2.16. The largest absolute Gasteiger partial charge is 0.489 e. The molecule has 4 aromatic rings. The van der Waals surface area contributed by atoms with Gasteiger partial charge in [-0.2, -0.15) is 0 Å². The zero-order valence-electron chi connectivity index (χ0n) is 19.7.